The van der Waals surface area contributed by atoms with E-state index in [-0.39, 0.29) is 0 Å². The van der Waals surface area contributed by atoms with Crippen molar-refractivity contribution < 1.29 is 9.90 Å². The van der Waals surface area contributed by atoms with Gasteiger partial charge < -0.3 is 5.11 Å². The molecule has 0 heterocycles. The summed E-state index contributed by atoms with van der Waals surface area (Å²) in [6.45, 7) is 4.03. The van der Waals surface area contributed by atoms with Crippen molar-refractivity contribution in [1.29, 1.82) is 0 Å². The molecule has 1 aromatic carbocycles. The molecule has 0 spiro atoms. The van der Waals surface area contributed by atoms with Crippen LogP contribution in [0.2, 0.25) is 0 Å². The van der Waals surface area contributed by atoms with Crippen LogP contribution in [0.4, 0.5) is 0 Å². The molecule has 3 heteroatoms. The zero-order valence-electron chi connectivity index (χ0n) is 8.25. The van der Waals surface area contributed by atoms with Crippen LogP contribution in [0, 0.1) is 6.92 Å². The third-order valence-electron chi connectivity index (χ3n) is 2.17. The quantitative estimate of drug-likeness (QED) is 0.845. The Kier molecular flexibility index (Phi) is 3.69. The van der Waals surface area contributed by atoms with Gasteiger partial charge in [-0.2, -0.15) is 0 Å². The first-order chi connectivity index (χ1) is 6.56. The fraction of sp³-hybridized carbons (Fsp3) is 0.364. The van der Waals surface area contributed by atoms with Gasteiger partial charge in [-0.3, -0.25) is 4.79 Å². The van der Waals surface area contributed by atoms with Gasteiger partial charge in [-0.05, 0) is 24.5 Å². The van der Waals surface area contributed by atoms with Crippen LogP contribution in [-0.4, -0.2) is 11.1 Å². The minimum absolute atomic E-state index is 0.599. The molecule has 0 aromatic heterocycles. The number of alkyl halides is 1. The second-order valence-corrected chi connectivity index (χ2v) is 4.17. The van der Waals surface area contributed by atoms with E-state index >= 15 is 0 Å². The lowest BCUT2D eigenvalue weighted by Crippen LogP contribution is -2.07. The van der Waals surface area contributed by atoms with Gasteiger partial charge in [0.25, 0.3) is 0 Å². The predicted molar refractivity (Wildman–Crippen MR) is 59.9 cm³/mol. The molecule has 2 nitrogen and oxygen atoms in total. The van der Waals surface area contributed by atoms with Gasteiger partial charge in [0.05, 0.1) is 0 Å². The van der Waals surface area contributed by atoms with Crippen LogP contribution >= 0.6 is 15.9 Å². The number of carbonyl (C=O) groups is 1. The van der Waals surface area contributed by atoms with Gasteiger partial charge in [0.1, 0.15) is 4.83 Å². The second kappa shape index (κ2) is 4.60. The summed E-state index contributed by atoms with van der Waals surface area (Å²) in [5.41, 5.74) is 3.11. The number of carboxylic acids is 1. The monoisotopic (exact) mass is 256 g/mol. The van der Waals surface area contributed by atoms with Crippen molar-refractivity contribution in [2.24, 2.45) is 0 Å². The van der Waals surface area contributed by atoms with Crippen molar-refractivity contribution >= 4 is 21.9 Å². The van der Waals surface area contributed by atoms with Gasteiger partial charge in [-0.15, -0.1) is 0 Å². The number of aliphatic carboxylic acids is 1. The Labute approximate surface area is 92.1 Å². The van der Waals surface area contributed by atoms with Crippen LogP contribution in [0.25, 0.3) is 0 Å². The van der Waals surface area contributed by atoms with E-state index in [4.69, 9.17) is 5.11 Å². The highest BCUT2D eigenvalue weighted by atomic mass is 79.9. The molecule has 1 N–H and O–H groups in total. The number of rotatable bonds is 3. The third kappa shape index (κ3) is 2.35. The maximum Gasteiger partial charge on any atom is 0.321 e. The molecule has 0 bridgehead atoms. The van der Waals surface area contributed by atoms with Gasteiger partial charge in [0.15, 0.2) is 0 Å². The fourth-order valence-electron chi connectivity index (χ4n) is 1.42. The molecule has 0 saturated heterocycles. The van der Waals surface area contributed by atoms with Crippen molar-refractivity contribution in [2.45, 2.75) is 25.1 Å². The van der Waals surface area contributed by atoms with E-state index in [0.29, 0.717) is 0 Å². The molecule has 0 fully saturated rings. The van der Waals surface area contributed by atoms with Gasteiger partial charge in [-0.1, -0.05) is 46.6 Å². The summed E-state index contributed by atoms with van der Waals surface area (Å²) >= 11 is 3.17. The minimum atomic E-state index is -0.844. The number of halogens is 1. The lowest BCUT2D eigenvalue weighted by molar-refractivity contribution is -0.136. The number of carboxylic acid groups (broad SMARTS) is 1. The van der Waals surface area contributed by atoms with Crippen LogP contribution in [0.15, 0.2) is 18.2 Å². The van der Waals surface area contributed by atoms with Gasteiger partial charge in [0.2, 0.25) is 0 Å². The van der Waals surface area contributed by atoms with Crippen molar-refractivity contribution in [3.63, 3.8) is 0 Å². The maximum atomic E-state index is 10.8. The Morgan fingerprint density at radius 1 is 1.57 bits per heavy atom. The zero-order chi connectivity index (χ0) is 10.7. The van der Waals surface area contributed by atoms with Crippen LogP contribution in [-0.2, 0) is 11.2 Å². The summed E-state index contributed by atoms with van der Waals surface area (Å²) in [4.78, 5) is 10.2. The maximum absolute atomic E-state index is 10.8. The molecule has 0 amide bonds. The molecule has 0 saturated carbocycles. The SMILES string of the molecule is CCc1cc(C)ccc1C(Br)C(=O)O. The smallest absolute Gasteiger partial charge is 0.321 e. The molecule has 0 radical (unpaired) electrons. The molecule has 1 rings (SSSR count). The Hall–Kier alpha value is -0.830. The van der Waals surface area contributed by atoms with Gasteiger partial charge in [0, 0.05) is 0 Å². The molecule has 1 unspecified atom stereocenters. The fourth-order valence-corrected chi connectivity index (χ4v) is 1.87. The van der Waals surface area contributed by atoms with E-state index < -0.39 is 10.8 Å². The Morgan fingerprint density at radius 2 is 2.21 bits per heavy atom. The average molecular weight is 257 g/mol. The Bertz CT molecular complexity index is 347. The topological polar surface area (TPSA) is 37.3 Å². The van der Waals surface area contributed by atoms with Gasteiger partial charge in [-0.25, -0.2) is 0 Å². The van der Waals surface area contributed by atoms with E-state index in [1.165, 1.54) is 0 Å². The summed E-state index contributed by atoms with van der Waals surface area (Å²) in [6.07, 6.45) is 0.854. The highest BCUT2D eigenvalue weighted by Crippen LogP contribution is 2.27. The van der Waals surface area contributed by atoms with E-state index in [2.05, 4.69) is 15.9 Å². The molecule has 1 aromatic rings. The van der Waals surface area contributed by atoms with E-state index in [9.17, 15) is 4.79 Å². The van der Waals surface area contributed by atoms with Crippen molar-refractivity contribution in [3.05, 3.63) is 34.9 Å². The average Bonchev–Trinajstić information content (AvgIpc) is 2.16. The summed E-state index contributed by atoms with van der Waals surface area (Å²) < 4.78 is 0. The van der Waals surface area contributed by atoms with Crippen molar-refractivity contribution in [2.75, 3.05) is 0 Å². The zero-order valence-corrected chi connectivity index (χ0v) is 9.84. The molecule has 0 aliphatic heterocycles. The molecule has 76 valence electrons. The largest absolute Gasteiger partial charge is 0.480 e. The van der Waals surface area contributed by atoms with Crippen LogP contribution < -0.4 is 0 Å². The molecule has 0 aliphatic carbocycles. The van der Waals surface area contributed by atoms with E-state index in [1.807, 2.05) is 32.0 Å². The Morgan fingerprint density at radius 3 is 2.71 bits per heavy atom. The van der Waals surface area contributed by atoms with Gasteiger partial charge >= 0.3 is 5.97 Å². The third-order valence-corrected chi connectivity index (χ3v) is 3.05. The van der Waals surface area contributed by atoms with Crippen LogP contribution in [0.5, 0.6) is 0 Å². The first-order valence-corrected chi connectivity index (χ1v) is 5.44. The predicted octanol–water partition coefficient (Wildman–Crippen LogP) is 3.08. The van der Waals surface area contributed by atoms with Crippen molar-refractivity contribution in [3.8, 4) is 0 Å². The molecular formula is C11H13BrO2. The molecule has 14 heavy (non-hydrogen) atoms. The first kappa shape index (κ1) is 11.2. The number of aryl methyl sites for hydroxylation is 2. The number of hydrogen-bond acceptors (Lipinski definition) is 1. The first-order valence-electron chi connectivity index (χ1n) is 4.52. The summed E-state index contributed by atoms with van der Waals surface area (Å²) in [5.74, 6) is -0.844. The highest BCUT2D eigenvalue weighted by molar-refractivity contribution is 9.09. The molecule has 0 aliphatic rings. The van der Waals surface area contributed by atoms with Crippen LogP contribution in [0.1, 0.15) is 28.4 Å². The van der Waals surface area contributed by atoms with Crippen LogP contribution in [0.3, 0.4) is 0 Å². The van der Waals surface area contributed by atoms with Crippen molar-refractivity contribution in [1.82, 2.24) is 0 Å². The lowest BCUT2D eigenvalue weighted by atomic mass is 10.00. The number of hydrogen-bond donors (Lipinski definition) is 1. The molecular weight excluding hydrogens is 244 g/mol. The summed E-state index contributed by atoms with van der Waals surface area (Å²) in [7, 11) is 0. The van der Waals surface area contributed by atoms with E-state index in [0.717, 1.165) is 23.1 Å². The van der Waals surface area contributed by atoms with E-state index in [1.54, 1.807) is 0 Å². The highest BCUT2D eigenvalue weighted by Gasteiger charge is 2.18. The summed E-state index contributed by atoms with van der Waals surface area (Å²) in [5, 5.41) is 8.88. The minimum Gasteiger partial charge on any atom is -0.480 e. The second-order valence-electron chi connectivity index (χ2n) is 3.26. The lowest BCUT2D eigenvalue weighted by Gasteiger charge is -2.11. The number of benzene rings is 1. The standard InChI is InChI=1S/C11H13BrO2/c1-3-8-6-7(2)4-5-9(8)10(12)11(13)14/h4-6,10H,3H2,1-2H3,(H,13,14). The normalized spacial score (nSPS) is 12.5. The Balaban J connectivity index is 3.13. The molecule has 1 atom stereocenters. The summed E-state index contributed by atoms with van der Waals surface area (Å²) in [6, 6.07) is 5.85.